The number of rotatable bonds is 55. The third-order valence-corrected chi connectivity index (χ3v) is 13.4. The van der Waals surface area contributed by atoms with Gasteiger partial charge in [-0.1, -0.05) is 269 Å². The number of carbonyl (C=O) groups is 3. The zero-order valence-corrected chi connectivity index (χ0v) is 45.6. The summed E-state index contributed by atoms with van der Waals surface area (Å²) in [6, 6.07) is 0. The Bertz CT molecular complexity index is 1140. The fraction of sp³-hybridized carbons (Fsp3) is 0.855. The minimum atomic E-state index is -0.776. The highest BCUT2D eigenvalue weighted by molar-refractivity contribution is 5.71. The van der Waals surface area contributed by atoms with E-state index in [1.807, 2.05) is 0 Å². The third-order valence-electron chi connectivity index (χ3n) is 13.4. The van der Waals surface area contributed by atoms with Crippen LogP contribution in [-0.2, 0) is 28.6 Å². The fourth-order valence-corrected chi connectivity index (χ4v) is 8.84. The van der Waals surface area contributed by atoms with Crippen LogP contribution in [0, 0.1) is 0 Å². The molecule has 0 N–H and O–H groups in total. The minimum absolute atomic E-state index is 0.0748. The van der Waals surface area contributed by atoms with Crippen molar-refractivity contribution in [3.63, 3.8) is 0 Å². The van der Waals surface area contributed by atoms with Crippen molar-refractivity contribution in [3.8, 4) is 0 Å². The first kappa shape index (κ1) is 65.6. The second-order valence-corrected chi connectivity index (χ2v) is 20.3. The molecule has 1 atom stereocenters. The van der Waals surface area contributed by atoms with Crippen molar-refractivity contribution in [1.29, 1.82) is 0 Å². The van der Waals surface area contributed by atoms with Crippen molar-refractivity contribution in [2.24, 2.45) is 0 Å². The van der Waals surface area contributed by atoms with Gasteiger partial charge in [0.25, 0.3) is 0 Å². The van der Waals surface area contributed by atoms with Crippen LogP contribution in [0.15, 0.2) is 36.5 Å². The maximum absolute atomic E-state index is 12.9. The predicted molar refractivity (Wildman–Crippen MR) is 293 cm³/mol. The van der Waals surface area contributed by atoms with E-state index in [0.717, 1.165) is 70.6 Å². The van der Waals surface area contributed by atoms with E-state index in [2.05, 4.69) is 57.2 Å². The van der Waals surface area contributed by atoms with E-state index in [-0.39, 0.29) is 31.1 Å². The van der Waals surface area contributed by atoms with Crippen molar-refractivity contribution < 1.29 is 28.6 Å². The van der Waals surface area contributed by atoms with E-state index < -0.39 is 6.10 Å². The highest BCUT2D eigenvalue weighted by Gasteiger charge is 2.19. The van der Waals surface area contributed by atoms with E-state index >= 15 is 0 Å². The number of ether oxygens (including phenoxy) is 3. The average molecular weight is 956 g/mol. The zero-order valence-electron chi connectivity index (χ0n) is 45.6. The second-order valence-electron chi connectivity index (χ2n) is 20.3. The Kier molecular flexibility index (Phi) is 55.2. The van der Waals surface area contributed by atoms with Gasteiger partial charge in [-0.25, -0.2) is 0 Å². The topological polar surface area (TPSA) is 78.9 Å². The van der Waals surface area contributed by atoms with Gasteiger partial charge in [0.15, 0.2) is 6.10 Å². The summed E-state index contributed by atoms with van der Waals surface area (Å²) in [5.74, 6) is -0.874. The number of esters is 3. The van der Waals surface area contributed by atoms with Crippen LogP contribution in [0.25, 0.3) is 0 Å². The summed E-state index contributed by atoms with van der Waals surface area (Å²) < 4.78 is 16.9. The molecule has 0 amide bonds. The Hall–Kier alpha value is -2.37. The summed E-state index contributed by atoms with van der Waals surface area (Å²) in [7, 11) is 0. The second kappa shape index (κ2) is 57.2. The fourth-order valence-electron chi connectivity index (χ4n) is 8.84. The Morgan fingerprint density at radius 2 is 0.529 bits per heavy atom. The molecule has 0 bridgehead atoms. The summed E-state index contributed by atoms with van der Waals surface area (Å²) in [5, 5.41) is 0. The smallest absolute Gasteiger partial charge is 0.306 e. The van der Waals surface area contributed by atoms with Crippen LogP contribution in [0.2, 0.25) is 0 Å². The highest BCUT2D eigenvalue weighted by atomic mass is 16.6. The van der Waals surface area contributed by atoms with Gasteiger partial charge < -0.3 is 14.2 Å². The molecule has 68 heavy (non-hydrogen) atoms. The Morgan fingerprint density at radius 1 is 0.294 bits per heavy atom. The number of unbranched alkanes of at least 4 members (excludes halogenated alkanes) is 39. The maximum Gasteiger partial charge on any atom is 0.306 e. The van der Waals surface area contributed by atoms with Crippen LogP contribution >= 0.6 is 0 Å². The van der Waals surface area contributed by atoms with Crippen LogP contribution in [0.4, 0.5) is 0 Å². The van der Waals surface area contributed by atoms with Crippen molar-refractivity contribution in [3.05, 3.63) is 36.5 Å². The summed E-state index contributed by atoms with van der Waals surface area (Å²) in [6.45, 7) is 6.64. The van der Waals surface area contributed by atoms with Crippen LogP contribution < -0.4 is 0 Å². The largest absolute Gasteiger partial charge is 0.462 e. The molecule has 6 nitrogen and oxygen atoms in total. The quantitative estimate of drug-likeness (QED) is 0.0199. The summed E-state index contributed by atoms with van der Waals surface area (Å²) in [5.41, 5.74) is 0. The van der Waals surface area contributed by atoms with Gasteiger partial charge in [0.05, 0.1) is 0 Å². The number of hydrogen-bond acceptors (Lipinski definition) is 6. The van der Waals surface area contributed by atoms with E-state index in [9.17, 15) is 14.4 Å². The van der Waals surface area contributed by atoms with Gasteiger partial charge in [0.2, 0.25) is 0 Å². The molecule has 0 rings (SSSR count). The Morgan fingerprint density at radius 3 is 0.868 bits per heavy atom. The number of carbonyl (C=O) groups excluding carboxylic acids is 3. The van der Waals surface area contributed by atoms with E-state index in [1.54, 1.807) is 0 Å². The number of allylic oxidation sites excluding steroid dienone is 6. The minimum Gasteiger partial charge on any atom is -0.462 e. The number of hydrogen-bond donors (Lipinski definition) is 0. The lowest BCUT2D eigenvalue weighted by Crippen LogP contribution is -2.30. The summed E-state index contributed by atoms with van der Waals surface area (Å²) in [6.07, 6.45) is 68.5. The molecule has 0 saturated carbocycles. The van der Waals surface area contributed by atoms with Crippen molar-refractivity contribution in [2.75, 3.05) is 13.2 Å². The van der Waals surface area contributed by atoms with Gasteiger partial charge in [-0.15, -0.1) is 0 Å². The normalized spacial score (nSPS) is 12.2. The maximum atomic E-state index is 12.9. The zero-order chi connectivity index (χ0) is 49.3. The summed E-state index contributed by atoms with van der Waals surface area (Å²) in [4.78, 5) is 38.2. The molecule has 0 fully saturated rings. The first-order chi connectivity index (χ1) is 33.5. The SMILES string of the molecule is CCCCC/C=C\C=C/CCCCCCCCCCCCC(=O)OCC(COC(=O)CCCCC/C=C\CCCCCCCCC)OC(=O)CCCCCCCCCCCCCCCCCCC. The third kappa shape index (κ3) is 54.6. The van der Waals surface area contributed by atoms with E-state index in [0.29, 0.717) is 19.3 Å². The Labute approximate surface area is 423 Å². The van der Waals surface area contributed by atoms with E-state index in [1.165, 1.54) is 212 Å². The molecule has 6 heteroatoms. The van der Waals surface area contributed by atoms with E-state index in [4.69, 9.17) is 14.2 Å². The lowest BCUT2D eigenvalue weighted by Gasteiger charge is -2.18. The van der Waals surface area contributed by atoms with Crippen molar-refractivity contribution in [1.82, 2.24) is 0 Å². The van der Waals surface area contributed by atoms with Gasteiger partial charge in [-0.2, -0.15) is 0 Å². The molecule has 0 aliphatic heterocycles. The molecule has 0 aliphatic carbocycles. The van der Waals surface area contributed by atoms with Crippen molar-refractivity contribution >= 4 is 17.9 Å². The van der Waals surface area contributed by atoms with Gasteiger partial charge in [-0.05, 0) is 70.6 Å². The van der Waals surface area contributed by atoms with Crippen LogP contribution in [0.3, 0.4) is 0 Å². The molecular weight excluding hydrogens is 841 g/mol. The van der Waals surface area contributed by atoms with Crippen LogP contribution in [-0.4, -0.2) is 37.2 Å². The van der Waals surface area contributed by atoms with Gasteiger partial charge in [0, 0.05) is 19.3 Å². The molecule has 0 aliphatic rings. The Balaban J connectivity index is 4.34. The molecule has 0 heterocycles. The van der Waals surface area contributed by atoms with Crippen LogP contribution in [0.5, 0.6) is 0 Å². The molecule has 0 aromatic heterocycles. The van der Waals surface area contributed by atoms with Crippen LogP contribution in [0.1, 0.15) is 323 Å². The predicted octanol–water partition coefficient (Wildman–Crippen LogP) is 20.0. The molecule has 0 aromatic carbocycles. The lowest BCUT2D eigenvalue weighted by molar-refractivity contribution is -0.167. The molecule has 0 saturated heterocycles. The van der Waals surface area contributed by atoms with Crippen molar-refractivity contribution in [2.45, 2.75) is 329 Å². The first-order valence-corrected chi connectivity index (χ1v) is 30.0. The molecule has 1 unspecified atom stereocenters. The lowest BCUT2D eigenvalue weighted by atomic mass is 10.0. The summed E-state index contributed by atoms with van der Waals surface area (Å²) >= 11 is 0. The van der Waals surface area contributed by atoms with Gasteiger partial charge in [-0.3, -0.25) is 14.4 Å². The van der Waals surface area contributed by atoms with Gasteiger partial charge in [0.1, 0.15) is 13.2 Å². The first-order valence-electron chi connectivity index (χ1n) is 30.0. The molecule has 0 aromatic rings. The highest BCUT2D eigenvalue weighted by Crippen LogP contribution is 2.17. The monoisotopic (exact) mass is 955 g/mol. The van der Waals surface area contributed by atoms with Gasteiger partial charge >= 0.3 is 17.9 Å². The molecule has 398 valence electrons. The molecular formula is C62H114O6. The average Bonchev–Trinajstić information content (AvgIpc) is 3.34. The standard InChI is InChI=1S/C62H114O6/c1-4-7-10-13-16-19-22-25-28-30-31-33-34-37-40-43-46-49-52-55-61(64)67-58-59(57-66-60(63)54-51-48-45-42-39-36-27-24-21-18-15-12-9-6-3)68-62(65)56-53-50-47-44-41-38-35-32-29-26-23-20-17-14-11-8-5-2/h16,19,22,25,36,39,59H,4-15,17-18,20-21,23-24,26-35,37-38,40-58H2,1-3H3/b19-16-,25-22-,39-36-. The molecule has 0 radical (unpaired) electrons. The molecule has 0 spiro atoms.